The van der Waals surface area contributed by atoms with Gasteiger partial charge in [-0.1, -0.05) is 27.2 Å². The first kappa shape index (κ1) is 34.2. The van der Waals surface area contributed by atoms with Gasteiger partial charge >= 0.3 is 19.8 Å². The highest BCUT2D eigenvalue weighted by atomic mass is 31.2. The first-order valence-electron chi connectivity index (χ1n) is 11.7. The largest absolute Gasteiger partial charge is 0.472 e. The Labute approximate surface area is 201 Å². The molecule has 0 saturated carbocycles. The Morgan fingerprint density at radius 2 is 1.21 bits per heavy atom. The highest BCUT2D eigenvalue weighted by molar-refractivity contribution is 7.47. The van der Waals surface area contributed by atoms with E-state index in [0.29, 0.717) is 24.1 Å². The third-order valence-electron chi connectivity index (χ3n) is 5.19. The van der Waals surface area contributed by atoms with E-state index in [4.69, 9.17) is 18.5 Å². The van der Waals surface area contributed by atoms with Crippen molar-refractivity contribution in [2.24, 2.45) is 10.8 Å². The summed E-state index contributed by atoms with van der Waals surface area (Å²) in [5, 5.41) is 0. The van der Waals surface area contributed by atoms with Gasteiger partial charge in [0.1, 0.15) is 19.8 Å². The van der Waals surface area contributed by atoms with Crippen molar-refractivity contribution in [2.75, 3.05) is 54.1 Å². The van der Waals surface area contributed by atoms with Crippen LogP contribution in [0.2, 0.25) is 0 Å². The lowest BCUT2D eigenvalue weighted by Gasteiger charge is -2.24. The number of likely N-dealkylation sites (N-methyl/N-ethyl adjacent to an activating group) is 1. The zero-order valence-corrected chi connectivity index (χ0v) is 23.5. The highest BCUT2D eigenvalue weighted by Crippen LogP contribution is 2.42. The molecule has 0 saturated heterocycles. The Balaban J connectivity index is 0. The van der Waals surface area contributed by atoms with E-state index in [-0.39, 0.29) is 37.2 Å². The Bertz CT molecular complexity index is 614. The van der Waals surface area contributed by atoms with Gasteiger partial charge in [-0.3, -0.25) is 18.6 Å². The molecule has 10 heteroatoms. The van der Waals surface area contributed by atoms with Gasteiger partial charge in [-0.05, 0) is 47.0 Å². The Kier molecular flexibility index (Phi) is 16.4. The SMILES string of the molecule is CCC(C)(C)C(=O)OCCOP(=O)(O)OCC[N+](C)(C)C.CCCCOC(=O)C(C)(C)CC. The number of hydrogen-bond donors (Lipinski definition) is 1. The number of quaternary nitrogens is 1. The first-order chi connectivity index (χ1) is 14.9. The molecule has 1 unspecified atom stereocenters. The van der Waals surface area contributed by atoms with Gasteiger partial charge in [0.15, 0.2) is 0 Å². The number of unbranched alkanes of at least 4 members (excludes halogenated alkanes) is 1. The van der Waals surface area contributed by atoms with E-state index in [9.17, 15) is 19.0 Å². The lowest BCUT2D eigenvalue weighted by Crippen LogP contribution is -2.37. The maximum atomic E-state index is 11.7. The minimum atomic E-state index is -4.09. The van der Waals surface area contributed by atoms with Crippen LogP contribution in [0.4, 0.5) is 0 Å². The minimum Gasteiger partial charge on any atom is -0.465 e. The van der Waals surface area contributed by atoms with E-state index in [1.54, 1.807) is 13.8 Å². The van der Waals surface area contributed by atoms with Gasteiger partial charge < -0.3 is 18.9 Å². The van der Waals surface area contributed by atoms with Crippen LogP contribution >= 0.6 is 7.82 Å². The van der Waals surface area contributed by atoms with Gasteiger partial charge in [-0.2, -0.15) is 0 Å². The molecule has 0 bridgehead atoms. The predicted molar refractivity (Wildman–Crippen MR) is 130 cm³/mol. The molecule has 0 aliphatic rings. The number of nitrogens with zero attached hydrogens (tertiary/aromatic N) is 1. The van der Waals surface area contributed by atoms with Crippen molar-refractivity contribution in [3.8, 4) is 0 Å². The molecular formula is C23H49NO8P+. The molecule has 0 aromatic heterocycles. The lowest BCUT2D eigenvalue weighted by molar-refractivity contribution is -0.870. The monoisotopic (exact) mass is 498 g/mol. The highest BCUT2D eigenvalue weighted by Gasteiger charge is 2.28. The minimum absolute atomic E-state index is 0.0709. The van der Waals surface area contributed by atoms with E-state index in [1.807, 2.05) is 48.8 Å². The number of phosphoric acid groups is 1. The molecule has 0 amide bonds. The van der Waals surface area contributed by atoms with Crippen LogP contribution in [0.3, 0.4) is 0 Å². The summed E-state index contributed by atoms with van der Waals surface area (Å²) in [5.41, 5.74) is -0.877. The molecule has 0 heterocycles. The van der Waals surface area contributed by atoms with Crippen LogP contribution in [0.5, 0.6) is 0 Å². The Morgan fingerprint density at radius 1 is 0.788 bits per heavy atom. The van der Waals surface area contributed by atoms with Crippen molar-refractivity contribution < 1.29 is 42.1 Å². The van der Waals surface area contributed by atoms with Crippen LogP contribution in [-0.4, -0.2) is 75.4 Å². The number of hydrogen-bond acceptors (Lipinski definition) is 7. The van der Waals surface area contributed by atoms with Crippen LogP contribution < -0.4 is 0 Å². The average Bonchev–Trinajstić information content (AvgIpc) is 2.70. The van der Waals surface area contributed by atoms with Crippen LogP contribution in [0.1, 0.15) is 74.1 Å². The molecule has 1 atom stereocenters. The number of carbonyl (C=O) groups is 2. The van der Waals surface area contributed by atoms with Crippen molar-refractivity contribution in [2.45, 2.75) is 74.1 Å². The zero-order chi connectivity index (χ0) is 26.3. The van der Waals surface area contributed by atoms with Gasteiger partial charge in [0.25, 0.3) is 0 Å². The molecule has 1 N–H and O–H groups in total. The van der Waals surface area contributed by atoms with Crippen LogP contribution in [0, 0.1) is 10.8 Å². The molecule has 9 nitrogen and oxygen atoms in total. The van der Waals surface area contributed by atoms with E-state index in [1.165, 1.54) is 0 Å². The number of rotatable bonds is 15. The van der Waals surface area contributed by atoms with Crippen LogP contribution in [0.15, 0.2) is 0 Å². The van der Waals surface area contributed by atoms with Gasteiger partial charge in [0.2, 0.25) is 0 Å². The third kappa shape index (κ3) is 18.1. The van der Waals surface area contributed by atoms with Crippen LogP contribution in [0.25, 0.3) is 0 Å². The lowest BCUT2D eigenvalue weighted by atomic mass is 9.91. The summed E-state index contributed by atoms with van der Waals surface area (Å²) < 4.78 is 31.9. The molecule has 0 aliphatic heterocycles. The van der Waals surface area contributed by atoms with Crippen molar-refractivity contribution in [1.29, 1.82) is 0 Å². The second kappa shape index (κ2) is 15.8. The molecule has 198 valence electrons. The maximum absolute atomic E-state index is 11.7. The molecule has 0 aromatic carbocycles. The topological polar surface area (TPSA) is 108 Å². The summed E-state index contributed by atoms with van der Waals surface area (Å²) in [4.78, 5) is 32.5. The fourth-order valence-electron chi connectivity index (χ4n) is 1.74. The van der Waals surface area contributed by atoms with E-state index >= 15 is 0 Å². The molecule has 0 radical (unpaired) electrons. The standard InChI is InChI=1S/C13H28NO6P.C10H20O2/c1-7-13(2,3)12(15)18-10-11-20-21(16,17)19-9-8-14(4,5)6;1-5-7-8-12-9(11)10(3,4)6-2/h7-11H2,1-6H3;5-8H2,1-4H3/p+1. The van der Waals surface area contributed by atoms with Crippen LogP contribution in [-0.2, 0) is 32.7 Å². The molecule has 33 heavy (non-hydrogen) atoms. The molecule has 0 aromatic rings. The fraction of sp³-hybridized carbons (Fsp3) is 0.913. The number of esters is 2. The summed E-state index contributed by atoms with van der Waals surface area (Å²) in [5.74, 6) is -0.425. The van der Waals surface area contributed by atoms with E-state index < -0.39 is 13.2 Å². The molecule has 0 rings (SSSR count). The summed E-state index contributed by atoms with van der Waals surface area (Å²) in [7, 11) is 1.75. The van der Waals surface area contributed by atoms with Gasteiger partial charge in [0, 0.05) is 0 Å². The maximum Gasteiger partial charge on any atom is 0.472 e. The summed E-state index contributed by atoms with van der Waals surface area (Å²) in [6, 6.07) is 0. The van der Waals surface area contributed by atoms with E-state index in [0.717, 1.165) is 19.3 Å². The Hall–Kier alpha value is -0.990. The third-order valence-corrected chi connectivity index (χ3v) is 6.21. The molecule has 0 spiro atoms. The predicted octanol–water partition coefficient (Wildman–Crippen LogP) is 4.57. The number of ether oxygens (including phenoxy) is 2. The van der Waals surface area contributed by atoms with Crippen molar-refractivity contribution in [3.63, 3.8) is 0 Å². The van der Waals surface area contributed by atoms with E-state index in [2.05, 4.69) is 6.92 Å². The van der Waals surface area contributed by atoms with Crippen molar-refractivity contribution in [1.82, 2.24) is 0 Å². The average molecular weight is 499 g/mol. The van der Waals surface area contributed by atoms with Crippen molar-refractivity contribution >= 4 is 19.8 Å². The summed E-state index contributed by atoms with van der Waals surface area (Å²) >= 11 is 0. The van der Waals surface area contributed by atoms with Crippen molar-refractivity contribution in [3.05, 3.63) is 0 Å². The van der Waals surface area contributed by atoms with Gasteiger partial charge in [0.05, 0.1) is 45.2 Å². The second-order valence-electron chi connectivity index (χ2n) is 10.2. The Morgan fingerprint density at radius 3 is 1.61 bits per heavy atom. The molecule has 0 aliphatic carbocycles. The smallest absolute Gasteiger partial charge is 0.465 e. The van der Waals surface area contributed by atoms with Gasteiger partial charge in [-0.25, -0.2) is 4.57 Å². The second-order valence-corrected chi connectivity index (χ2v) is 11.7. The normalized spacial score (nSPS) is 14.0. The fourth-order valence-corrected chi connectivity index (χ4v) is 2.44. The first-order valence-corrected chi connectivity index (χ1v) is 13.2. The van der Waals surface area contributed by atoms with Gasteiger partial charge in [-0.15, -0.1) is 0 Å². The zero-order valence-electron chi connectivity index (χ0n) is 22.6. The quantitative estimate of drug-likeness (QED) is 0.151. The number of carbonyl (C=O) groups excluding carboxylic acids is 2. The summed E-state index contributed by atoms with van der Waals surface area (Å²) in [6.07, 6.45) is 3.52. The summed E-state index contributed by atoms with van der Waals surface area (Å²) in [6.45, 7) is 14.4. The molecule has 0 fully saturated rings. The number of phosphoric ester groups is 1. The molecular weight excluding hydrogens is 449 g/mol.